The number of rotatable bonds is 4. The number of imidazole rings is 1. The molecule has 0 unspecified atom stereocenters. The van der Waals surface area contributed by atoms with Crippen LogP contribution in [-0.4, -0.2) is 24.6 Å². The first-order valence-electron chi connectivity index (χ1n) is 8.06. The lowest BCUT2D eigenvalue weighted by atomic mass is 10.0. The van der Waals surface area contributed by atoms with E-state index in [-0.39, 0.29) is 28.3 Å². The van der Waals surface area contributed by atoms with Gasteiger partial charge in [0.05, 0.1) is 5.02 Å². The molecule has 0 amide bonds. The number of pyridine rings is 2. The molecule has 0 fully saturated rings. The minimum absolute atomic E-state index is 0.0945. The molecule has 138 valence electrons. The SMILES string of the molecule is CCC(CC)n1c(O)nc2ncc(Cl)c(-c3ccnc(C(F)(F)F)c3)c21. The first-order valence-corrected chi connectivity index (χ1v) is 8.44. The van der Waals surface area contributed by atoms with E-state index in [1.54, 1.807) is 4.57 Å². The number of aromatic nitrogens is 4. The minimum atomic E-state index is -4.58. The third-order valence-electron chi connectivity index (χ3n) is 4.30. The van der Waals surface area contributed by atoms with Crippen LogP contribution in [0.1, 0.15) is 38.4 Å². The Hall–Kier alpha value is -2.35. The molecule has 0 saturated heterocycles. The molecule has 26 heavy (non-hydrogen) atoms. The van der Waals surface area contributed by atoms with Crippen molar-refractivity contribution < 1.29 is 18.3 Å². The van der Waals surface area contributed by atoms with Crippen molar-refractivity contribution in [3.8, 4) is 17.1 Å². The fourth-order valence-corrected chi connectivity index (χ4v) is 3.29. The van der Waals surface area contributed by atoms with E-state index < -0.39 is 11.9 Å². The highest BCUT2D eigenvalue weighted by Crippen LogP contribution is 2.40. The van der Waals surface area contributed by atoms with Crippen molar-refractivity contribution in [1.82, 2.24) is 19.5 Å². The van der Waals surface area contributed by atoms with Gasteiger partial charge in [-0.1, -0.05) is 25.4 Å². The molecule has 0 radical (unpaired) electrons. The summed E-state index contributed by atoms with van der Waals surface area (Å²) < 4.78 is 40.7. The number of hydrogen-bond acceptors (Lipinski definition) is 4. The van der Waals surface area contributed by atoms with Gasteiger partial charge in [-0.05, 0) is 30.5 Å². The maximum Gasteiger partial charge on any atom is 0.433 e. The largest absolute Gasteiger partial charge is 0.480 e. The van der Waals surface area contributed by atoms with Crippen LogP contribution >= 0.6 is 11.6 Å². The summed E-state index contributed by atoms with van der Waals surface area (Å²) in [4.78, 5) is 11.5. The Morgan fingerprint density at radius 1 is 1.23 bits per heavy atom. The van der Waals surface area contributed by atoms with Gasteiger partial charge in [0, 0.05) is 24.0 Å². The van der Waals surface area contributed by atoms with Crippen LogP contribution in [0.5, 0.6) is 6.01 Å². The molecule has 3 heterocycles. The molecule has 0 aliphatic carbocycles. The van der Waals surface area contributed by atoms with E-state index in [0.717, 1.165) is 12.3 Å². The lowest BCUT2D eigenvalue weighted by molar-refractivity contribution is -0.141. The van der Waals surface area contributed by atoms with Crippen LogP contribution in [0.4, 0.5) is 13.2 Å². The van der Waals surface area contributed by atoms with Crippen LogP contribution in [0.15, 0.2) is 24.5 Å². The van der Waals surface area contributed by atoms with Gasteiger partial charge in [-0.2, -0.15) is 18.2 Å². The zero-order valence-electron chi connectivity index (χ0n) is 14.0. The monoisotopic (exact) mass is 384 g/mol. The molecule has 0 spiro atoms. The van der Waals surface area contributed by atoms with Gasteiger partial charge < -0.3 is 5.11 Å². The van der Waals surface area contributed by atoms with E-state index in [0.29, 0.717) is 23.9 Å². The Balaban J connectivity index is 2.35. The third kappa shape index (κ3) is 3.09. The highest BCUT2D eigenvalue weighted by molar-refractivity contribution is 6.34. The Bertz CT molecular complexity index is 951. The van der Waals surface area contributed by atoms with Crippen molar-refractivity contribution in [2.45, 2.75) is 38.9 Å². The third-order valence-corrected chi connectivity index (χ3v) is 4.58. The smallest absolute Gasteiger partial charge is 0.433 e. The maximum absolute atomic E-state index is 13.1. The molecule has 0 aromatic carbocycles. The summed E-state index contributed by atoms with van der Waals surface area (Å²) in [6.45, 7) is 3.90. The molecule has 3 aromatic heterocycles. The Morgan fingerprint density at radius 3 is 2.54 bits per heavy atom. The Morgan fingerprint density at radius 2 is 1.92 bits per heavy atom. The molecule has 5 nitrogen and oxygen atoms in total. The second-order valence-electron chi connectivity index (χ2n) is 5.83. The van der Waals surface area contributed by atoms with Crippen LogP contribution in [0.3, 0.4) is 0 Å². The van der Waals surface area contributed by atoms with Crippen molar-refractivity contribution in [2.24, 2.45) is 0 Å². The zero-order chi connectivity index (χ0) is 19.1. The standard InChI is InChI=1S/C17H16ClF3N4O/c1-3-10(4-2)25-14-13(11(18)8-23-15(14)24-16(25)26)9-5-6-22-12(7-9)17(19,20)21/h5-8,10H,3-4H2,1-2H3,(H,23,24,26). The van der Waals surface area contributed by atoms with Gasteiger partial charge in [-0.3, -0.25) is 9.55 Å². The molecule has 1 N–H and O–H groups in total. The van der Waals surface area contributed by atoms with Crippen LogP contribution in [0.25, 0.3) is 22.3 Å². The average molecular weight is 385 g/mol. The van der Waals surface area contributed by atoms with Gasteiger partial charge >= 0.3 is 6.18 Å². The number of aromatic hydroxyl groups is 1. The van der Waals surface area contributed by atoms with Crippen molar-refractivity contribution in [2.75, 3.05) is 0 Å². The van der Waals surface area contributed by atoms with Gasteiger partial charge in [0.2, 0.25) is 0 Å². The normalized spacial score (nSPS) is 12.3. The van der Waals surface area contributed by atoms with E-state index in [1.165, 1.54) is 12.3 Å². The first kappa shape index (κ1) is 18.4. The Kier molecular flexibility index (Phi) is 4.79. The van der Waals surface area contributed by atoms with E-state index in [4.69, 9.17) is 11.6 Å². The molecule has 9 heteroatoms. The van der Waals surface area contributed by atoms with E-state index in [2.05, 4.69) is 15.0 Å². The summed E-state index contributed by atoms with van der Waals surface area (Å²) in [5, 5.41) is 10.5. The average Bonchev–Trinajstić information content (AvgIpc) is 2.92. The van der Waals surface area contributed by atoms with Gasteiger partial charge in [0.1, 0.15) is 11.2 Å². The molecule has 3 rings (SSSR count). The first-order chi connectivity index (χ1) is 12.3. The zero-order valence-corrected chi connectivity index (χ0v) is 14.8. The molecule has 0 atom stereocenters. The maximum atomic E-state index is 13.1. The van der Waals surface area contributed by atoms with Crippen molar-refractivity contribution in [3.63, 3.8) is 0 Å². The fraction of sp³-hybridized carbons (Fsp3) is 0.353. The van der Waals surface area contributed by atoms with Crippen LogP contribution in [-0.2, 0) is 6.18 Å². The number of alkyl halides is 3. The fourth-order valence-electron chi connectivity index (χ4n) is 3.04. The second kappa shape index (κ2) is 6.75. The van der Waals surface area contributed by atoms with E-state index in [9.17, 15) is 18.3 Å². The van der Waals surface area contributed by atoms with Crippen molar-refractivity contribution >= 4 is 22.8 Å². The van der Waals surface area contributed by atoms with Crippen molar-refractivity contribution in [1.29, 1.82) is 0 Å². The lowest BCUT2D eigenvalue weighted by Gasteiger charge is -2.18. The predicted molar refractivity (Wildman–Crippen MR) is 92.1 cm³/mol. The van der Waals surface area contributed by atoms with Crippen molar-refractivity contribution in [3.05, 3.63) is 35.2 Å². The van der Waals surface area contributed by atoms with Gasteiger partial charge in [0.25, 0.3) is 6.01 Å². The number of halogens is 4. The summed E-state index contributed by atoms with van der Waals surface area (Å²) in [6, 6.07) is 2.04. The van der Waals surface area contributed by atoms with Crippen LogP contribution in [0, 0.1) is 0 Å². The quantitative estimate of drug-likeness (QED) is 0.668. The molecular formula is C17H16ClF3N4O. The second-order valence-corrected chi connectivity index (χ2v) is 6.24. The topological polar surface area (TPSA) is 63.8 Å². The molecule has 0 bridgehead atoms. The summed E-state index contributed by atoms with van der Waals surface area (Å²) in [7, 11) is 0. The van der Waals surface area contributed by atoms with E-state index >= 15 is 0 Å². The van der Waals surface area contributed by atoms with Gasteiger partial charge in [0.15, 0.2) is 5.65 Å². The van der Waals surface area contributed by atoms with E-state index in [1.807, 2.05) is 13.8 Å². The summed E-state index contributed by atoms with van der Waals surface area (Å²) in [5.74, 6) is 0. The summed E-state index contributed by atoms with van der Waals surface area (Å²) >= 11 is 6.29. The van der Waals surface area contributed by atoms with Gasteiger partial charge in [-0.15, -0.1) is 0 Å². The highest BCUT2D eigenvalue weighted by atomic mass is 35.5. The molecule has 0 aliphatic heterocycles. The molecule has 0 aliphatic rings. The summed E-state index contributed by atoms with van der Waals surface area (Å²) in [5.41, 5.74) is 0.178. The number of hydrogen-bond donors (Lipinski definition) is 1. The molecule has 0 saturated carbocycles. The highest BCUT2D eigenvalue weighted by Gasteiger charge is 2.33. The van der Waals surface area contributed by atoms with Crippen LogP contribution < -0.4 is 0 Å². The molecular weight excluding hydrogens is 369 g/mol. The number of fused-ring (bicyclic) bond motifs is 1. The Labute approximate surface area is 152 Å². The molecule has 3 aromatic rings. The minimum Gasteiger partial charge on any atom is -0.480 e. The lowest BCUT2D eigenvalue weighted by Crippen LogP contribution is -2.09. The van der Waals surface area contributed by atoms with Gasteiger partial charge in [-0.25, -0.2) is 4.98 Å². The predicted octanol–water partition coefficient (Wildman–Crippen LogP) is 5.23. The van der Waals surface area contributed by atoms with Crippen LogP contribution in [0.2, 0.25) is 5.02 Å². The summed E-state index contributed by atoms with van der Waals surface area (Å²) in [6.07, 6.45) is -0.779. The number of nitrogens with zero attached hydrogens (tertiary/aromatic N) is 4.